The van der Waals surface area contributed by atoms with Crippen molar-refractivity contribution >= 4 is 17.5 Å². The highest BCUT2D eigenvalue weighted by Gasteiger charge is 2.18. The minimum atomic E-state index is 0.691. The molecule has 0 fully saturated rings. The minimum absolute atomic E-state index is 0.691. The summed E-state index contributed by atoms with van der Waals surface area (Å²) >= 11 is 0. The number of aromatic nitrogens is 2. The molecule has 25 heavy (non-hydrogen) atoms. The van der Waals surface area contributed by atoms with E-state index in [4.69, 9.17) is 4.98 Å². The van der Waals surface area contributed by atoms with E-state index in [0.29, 0.717) is 5.95 Å². The Morgan fingerprint density at radius 2 is 1.80 bits per heavy atom. The van der Waals surface area contributed by atoms with Crippen molar-refractivity contribution < 1.29 is 0 Å². The van der Waals surface area contributed by atoms with E-state index in [2.05, 4.69) is 63.7 Å². The third kappa shape index (κ3) is 3.63. The Balaban J connectivity index is 1.47. The summed E-state index contributed by atoms with van der Waals surface area (Å²) in [6.45, 7) is 1.82. The molecule has 2 aromatic carbocycles. The van der Waals surface area contributed by atoms with Gasteiger partial charge in [0.15, 0.2) is 0 Å². The number of rotatable bonds is 5. The third-order valence-electron chi connectivity index (χ3n) is 4.57. The topological polar surface area (TPSA) is 41.1 Å². The summed E-state index contributed by atoms with van der Waals surface area (Å²) in [5.74, 6) is 1.65. The van der Waals surface area contributed by atoms with E-state index in [1.165, 1.54) is 16.8 Å². The Hall–Kier alpha value is -2.88. The molecule has 0 spiro atoms. The fourth-order valence-corrected chi connectivity index (χ4v) is 3.32. The molecule has 1 aliphatic heterocycles. The Morgan fingerprint density at radius 3 is 2.72 bits per heavy atom. The van der Waals surface area contributed by atoms with E-state index in [0.717, 1.165) is 38.2 Å². The van der Waals surface area contributed by atoms with Gasteiger partial charge in [-0.3, -0.25) is 0 Å². The number of benzene rings is 2. The Morgan fingerprint density at radius 1 is 0.960 bits per heavy atom. The van der Waals surface area contributed by atoms with E-state index in [1.807, 2.05) is 18.3 Å². The summed E-state index contributed by atoms with van der Waals surface area (Å²) in [7, 11) is 0. The number of anilines is 3. The molecule has 0 atom stereocenters. The third-order valence-corrected chi connectivity index (χ3v) is 4.57. The van der Waals surface area contributed by atoms with E-state index in [1.54, 1.807) is 0 Å². The van der Waals surface area contributed by atoms with Gasteiger partial charge >= 0.3 is 0 Å². The zero-order valence-corrected chi connectivity index (χ0v) is 14.2. The molecule has 0 saturated carbocycles. The zero-order valence-electron chi connectivity index (χ0n) is 14.2. The van der Waals surface area contributed by atoms with E-state index in [9.17, 15) is 0 Å². The van der Waals surface area contributed by atoms with Crippen LogP contribution < -0.4 is 10.2 Å². The van der Waals surface area contributed by atoms with Crippen LogP contribution in [0.4, 0.5) is 17.5 Å². The number of nitrogens with zero attached hydrogens (tertiary/aromatic N) is 3. The van der Waals surface area contributed by atoms with Crippen LogP contribution in [-0.4, -0.2) is 23.1 Å². The maximum atomic E-state index is 4.73. The SMILES string of the molecule is c1ccc(CCNc2nccc(N3CCCc4ccccc43)n2)cc1. The summed E-state index contributed by atoms with van der Waals surface area (Å²) < 4.78 is 0. The fraction of sp³-hybridized carbons (Fsp3) is 0.238. The minimum Gasteiger partial charge on any atom is -0.354 e. The van der Waals surface area contributed by atoms with Crippen molar-refractivity contribution in [2.24, 2.45) is 0 Å². The molecule has 1 aliphatic rings. The predicted octanol–water partition coefficient (Wildman–Crippen LogP) is 4.22. The summed E-state index contributed by atoms with van der Waals surface area (Å²) in [5, 5.41) is 3.35. The van der Waals surface area contributed by atoms with E-state index >= 15 is 0 Å². The van der Waals surface area contributed by atoms with Gasteiger partial charge in [-0.05, 0) is 42.5 Å². The zero-order chi connectivity index (χ0) is 16.9. The van der Waals surface area contributed by atoms with Crippen molar-refractivity contribution in [1.82, 2.24) is 9.97 Å². The normalized spacial score (nSPS) is 13.4. The van der Waals surface area contributed by atoms with Gasteiger partial charge < -0.3 is 10.2 Å². The van der Waals surface area contributed by atoms with Gasteiger partial charge in [-0.15, -0.1) is 0 Å². The molecule has 0 radical (unpaired) electrons. The maximum absolute atomic E-state index is 4.73. The Labute approximate surface area is 148 Å². The number of hydrogen-bond donors (Lipinski definition) is 1. The van der Waals surface area contributed by atoms with Gasteiger partial charge in [0.05, 0.1) is 0 Å². The average molecular weight is 330 g/mol. The van der Waals surface area contributed by atoms with E-state index < -0.39 is 0 Å². The van der Waals surface area contributed by atoms with Gasteiger partial charge in [-0.2, -0.15) is 4.98 Å². The van der Waals surface area contributed by atoms with Gasteiger partial charge in [0, 0.05) is 25.0 Å². The number of hydrogen-bond acceptors (Lipinski definition) is 4. The first-order chi connectivity index (χ1) is 12.4. The Bertz CT molecular complexity index is 832. The van der Waals surface area contributed by atoms with Crippen LogP contribution in [0.15, 0.2) is 66.9 Å². The van der Waals surface area contributed by atoms with Crippen LogP contribution in [0, 0.1) is 0 Å². The van der Waals surface area contributed by atoms with Crippen LogP contribution in [-0.2, 0) is 12.8 Å². The van der Waals surface area contributed by atoms with Crippen molar-refractivity contribution in [3.05, 3.63) is 78.0 Å². The van der Waals surface area contributed by atoms with Gasteiger partial charge in [0.1, 0.15) is 5.82 Å². The summed E-state index contributed by atoms with van der Waals surface area (Å²) in [6.07, 6.45) is 5.09. The molecule has 4 nitrogen and oxygen atoms in total. The van der Waals surface area contributed by atoms with Gasteiger partial charge in [0.2, 0.25) is 5.95 Å². The average Bonchev–Trinajstić information content (AvgIpc) is 2.69. The summed E-state index contributed by atoms with van der Waals surface area (Å²) in [5.41, 5.74) is 3.98. The van der Waals surface area contributed by atoms with Crippen LogP contribution in [0.3, 0.4) is 0 Å². The van der Waals surface area contributed by atoms with Gasteiger partial charge in [0.25, 0.3) is 0 Å². The molecule has 0 amide bonds. The standard InChI is InChI=1S/C21H22N4/c1-2-7-17(8-3-1)12-14-22-21-23-15-13-20(24-21)25-16-6-10-18-9-4-5-11-19(18)25/h1-5,7-9,11,13,15H,6,10,12,14,16H2,(H,22,23,24). The molecule has 3 aromatic rings. The molecule has 0 saturated heterocycles. The van der Waals surface area contributed by atoms with Crippen LogP contribution >= 0.6 is 0 Å². The van der Waals surface area contributed by atoms with Crippen molar-refractivity contribution in [2.75, 3.05) is 23.3 Å². The smallest absolute Gasteiger partial charge is 0.224 e. The van der Waals surface area contributed by atoms with E-state index in [-0.39, 0.29) is 0 Å². The lowest BCUT2D eigenvalue weighted by atomic mass is 10.0. The molecular weight excluding hydrogens is 308 g/mol. The highest BCUT2D eigenvalue weighted by Crippen LogP contribution is 2.32. The van der Waals surface area contributed by atoms with Crippen LogP contribution in [0.2, 0.25) is 0 Å². The Kier molecular flexibility index (Phi) is 4.59. The van der Waals surface area contributed by atoms with Crippen LogP contribution in [0.25, 0.3) is 0 Å². The second kappa shape index (κ2) is 7.34. The van der Waals surface area contributed by atoms with Crippen molar-refractivity contribution in [2.45, 2.75) is 19.3 Å². The monoisotopic (exact) mass is 330 g/mol. The lowest BCUT2D eigenvalue weighted by Gasteiger charge is -2.30. The largest absolute Gasteiger partial charge is 0.354 e. The summed E-state index contributed by atoms with van der Waals surface area (Å²) in [6, 6.07) is 21.1. The molecule has 0 bridgehead atoms. The van der Waals surface area contributed by atoms with Crippen molar-refractivity contribution in [3.8, 4) is 0 Å². The fourth-order valence-electron chi connectivity index (χ4n) is 3.32. The maximum Gasteiger partial charge on any atom is 0.224 e. The van der Waals surface area contributed by atoms with Crippen LogP contribution in [0.1, 0.15) is 17.5 Å². The second-order valence-corrected chi connectivity index (χ2v) is 6.28. The second-order valence-electron chi connectivity index (χ2n) is 6.28. The highest BCUT2D eigenvalue weighted by atomic mass is 15.2. The first-order valence-corrected chi connectivity index (χ1v) is 8.86. The summed E-state index contributed by atoms with van der Waals surface area (Å²) in [4.78, 5) is 11.4. The first-order valence-electron chi connectivity index (χ1n) is 8.86. The first kappa shape index (κ1) is 15.6. The van der Waals surface area contributed by atoms with Gasteiger partial charge in [-0.25, -0.2) is 4.98 Å². The van der Waals surface area contributed by atoms with Crippen molar-refractivity contribution in [3.63, 3.8) is 0 Å². The lowest BCUT2D eigenvalue weighted by molar-refractivity contribution is 0.758. The molecule has 1 N–H and O–H groups in total. The number of aryl methyl sites for hydroxylation is 1. The lowest BCUT2D eigenvalue weighted by Crippen LogP contribution is -2.25. The molecule has 4 rings (SSSR count). The number of fused-ring (bicyclic) bond motifs is 1. The quantitative estimate of drug-likeness (QED) is 0.760. The number of para-hydroxylation sites is 1. The molecule has 0 aliphatic carbocycles. The van der Waals surface area contributed by atoms with Crippen LogP contribution in [0.5, 0.6) is 0 Å². The molecule has 4 heteroatoms. The molecule has 2 heterocycles. The molecule has 0 unspecified atom stereocenters. The van der Waals surface area contributed by atoms with Gasteiger partial charge in [-0.1, -0.05) is 48.5 Å². The molecule has 126 valence electrons. The molecule has 1 aromatic heterocycles. The highest BCUT2D eigenvalue weighted by molar-refractivity contribution is 5.65. The predicted molar refractivity (Wildman–Crippen MR) is 102 cm³/mol. The van der Waals surface area contributed by atoms with Crippen molar-refractivity contribution in [1.29, 1.82) is 0 Å². The number of nitrogens with one attached hydrogen (secondary N) is 1. The molecular formula is C21H22N4.